The molecule has 0 aliphatic carbocycles. The van der Waals surface area contributed by atoms with Crippen molar-refractivity contribution in [3.8, 4) is 16.9 Å². The molecule has 0 saturated heterocycles. The summed E-state index contributed by atoms with van der Waals surface area (Å²) in [5.74, 6) is -1.40. The van der Waals surface area contributed by atoms with E-state index in [4.69, 9.17) is 4.74 Å². The lowest BCUT2D eigenvalue weighted by Crippen LogP contribution is -2.32. The summed E-state index contributed by atoms with van der Waals surface area (Å²) < 4.78 is 73.7. The number of amides is 1. The molecule has 1 N–H and O–H groups in total. The van der Waals surface area contributed by atoms with E-state index in [2.05, 4.69) is 15.2 Å². The first-order valence-corrected chi connectivity index (χ1v) is 15.0. The van der Waals surface area contributed by atoms with Crippen LogP contribution in [-0.2, 0) is 35.4 Å². The summed E-state index contributed by atoms with van der Waals surface area (Å²) in [4.78, 5) is 28.4. The normalized spacial score (nSPS) is 12.5. The fraction of sp³-hybridized carbons (Fsp3) is 0.393. The standard InChI is InChI=1S/C28H33F3N6O7S/c1-19-8-10-20(11-9-19)23-17-24(28(29,30)31)32-36(23)21-12-14-22(15-13-21)45(41,42)33-25(38)7-6-16-35(5)37(40)34-44-18-43-26(39)27(2,3)4/h8-15,17H,6-7,16,18H2,1-5H3,(H,33,38). The first-order chi connectivity index (χ1) is 20.9. The van der Waals surface area contributed by atoms with Crippen LogP contribution in [0.5, 0.6) is 0 Å². The number of nitrogens with zero attached hydrogens (tertiary/aromatic N) is 5. The summed E-state index contributed by atoms with van der Waals surface area (Å²) in [7, 11) is -2.97. The molecule has 0 aliphatic rings. The number of carbonyl (C=O) groups excluding carboxylic acids is 2. The second kappa shape index (κ2) is 14.0. The Morgan fingerprint density at radius 1 is 1.09 bits per heavy atom. The molecule has 45 heavy (non-hydrogen) atoms. The number of aromatic nitrogens is 2. The molecule has 1 aromatic heterocycles. The van der Waals surface area contributed by atoms with Crippen molar-refractivity contribution in [1.29, 1.82) is 0 Å². The molecule has 1 amide bonds. The summed E-state index contributed by atoms with van der Waals surface area (Å²) >= 11 is 0. The molecule has 1 heterocycles. The molecular formula is C28H33F3N6O7S. The van der Waals surface area contributed by atoms with Gasteiger partial charge >= 0.3 is 12.1 Å². The lowest BCUT2D eigenvalue weighted by atomic mass is 9.98. The van der Waals surface area contributed by atoms with Crippen molar-refractivity contribution < 1.29 is 45.7 Å². The number of hydrogen-bond acceptors (Lipinski definition) is 9. The van der Waals surface area contributed by atoms with Crippen LogP contribution in [0.25, 0.3) is 16.9 Å². The van der Waals surface area contributed by atoms with Gasteiger partial charge < -0.3 is 14.8 Å². The largest absolute Gasteiger partial charge is 0.569 e. The van der Waals surface area contributed by atoms with Gasteiger partial charge in [0.2, 0.25) is 11.2 Å². The van der Waals surface area contributed by atoms with Crippen LogP contribution in [0.1, 0.15) is 44.9 Å². The van der Waals surface area contributed by atoms with E-state index in [1.165, 1.54) is 19.2 Å². The number of nitrogens with one attached hydrogen (secondary N) is 1. The molecule has 0 saturated carbocycles. The zero-order valence-corrected chi connectivity index (χ0v) is 26.0. The lowest BCUT2D eigenvalue weighted by molar-refractivity contribution is -0.706. The highest BCUT2D eigenvalue weighted by molar-refractivity contribution is 7.90. The van der Waals surface area contributed by atoms with Gasteiger partial charge in [-0.1, -0.05) is 29.8 Å². The first kappa shape index (κ1) is 34.8. The Kier molecular flexibility index (Phi) is 10.8. The third kappa shape index (κ3) is 9.66. The summed E-state index contributed by atoms with van der Waals surface area (Å²) in [5.41, 5.74) is -0.175. The van der Waals surface area contributed by atoms with E-state index >= 15 is 0 Å². The highest BCUT2D eigenvalue weighted by Gasteiger charge is 2.35. The number of aryl methyl sites for hydroxylation is 1. The summed E-state index contributed by atoms with van der Waals surface area (Å²) in [5, 5.41) is 19.9. The fourth-order valence-electron chi connectivity index (χ4n) is 3.66. The monoisotopic (exact) mass is 654 g/mol. The minimum atomic E-state index is -4.70. The van der Waals surface area contributed by atoms with Gasteiger partial charge in [0.15, 0.2) is 5.69 Å². The molecule has 0 bridgehead atoms. The highest BCUT2D eigenvalue weighted by Crippen LogP contribution is 2.33. The molecule has 0 radical (unpaired) electrons. The number of carbonyl (C=O) groups is 2. The van der Waals surface area contributed by atoms with Gasteiger partial charge in [-0.25, -0.2) is 17.8 Å². The quantitative estimate of drug-likeness (QED) is 0.0727. The van der Waals surface area contributed by atoms with Crippen LogP contribution in [0.2, 0.25) is 0 Å². The molecule has 0 aliphatic heterocycles. The summed E-state index contributed by atoms with van der Waals surface area (Å²) in [6, 6.07) is 12.5. The second-order valence-electron chi connectivity index (χ2n) is 11.0. The van der Waals surface area contributed by atoms with E-state index in [0.717, 1.165) is 33.5 Å². The maximum atomic E-state index is 13.5. The molecule has 2 aromatic carbocycles. The molecule has 17 heteroatoms. The van der Waals surface area contributed by atoms with Crippen molar-refractivity contribution in [2.24, 2.45) is 10.7 Å². The molecule has 0 fully saturated rings. The predicted molar refractivity (Wildman–Crippen MR) is 153 cm³/mol. The third-order valence-electron chi connectivity index (χ3n) is 6.15. The minimum Gasteiger partial charge on any atom is -0.569 e. The van der Waals surface area contributed by atoms with Crippen LogP contribution in [0.15, 0.2) is 64.8 Å². The number of esters is 1. The Labute approximate surface area is 257 Å². The third-order valence-corrected chi connectivity index (χ3v) is 7.54. The highest BCUT2D eigenvalue weighted by atomic mass is 32.2. The topological polar surface area (TPSA) is 158 Å². The number of alkyl halides is 3. The molecule has 13 nitrogen and oxygen atoms in total. The van der Waals surface area contributed by atoms with Crippen LogP contribution in [0.4, 0.5) is 13.2 Å². The number of rotatable bonds is 12. The van der Waals surface area contributed by atoms with E-state index < -0.39 is 46.0 Å². The Balaban J connectivity index is 1.60. The van der Waals surface area contributed by atoms with Gasteiger partial charge in [-0.15, -0.1) is 5.01 Å². The number of hydrazine groups is 1. The van der Waals surface area contributed by atoms with Crippen LogP contribution >= 0.6 is 0 Å². The first-order valence-electron chi connectivity index (χ1n) is 13.5. The number of hydrogen-bond donors (Lipinski definition) is 1. The van der Waals surface area contributed by atoms with Crippen molar-refractivity contribution in [2.75, 3.05) is 20.4 Å². The van der Waals surface area contributed by atoms with Crippen molar-refractivity contribution in [2.45, 2.75) is 51.6 Å². The smallest absolute Gasteiger partial charge is 0.435 e. The van der Waals surface area contributed by atoms with Gasteiger partial charge in [0, 0.05) is 12.0 Å². The molecule has 244 valence electrons. The van der Waals surface area contributed by atoms with Gasteiger partial charge in [0.1, 0.15) is 0 Å². The maximum absolute atomic E-state index is 13.5. The van der Waals surface area contributed by atoms with Crippen LogP contribution in [-0.4, -0.2) is 60.4 Å². The van der Waals surface area contributed by atoms with Gasteiger partial charge in [-0.3, -0.25) is 9.59 Å². The number of ether oxygens (including phenoxy) is 1. The summed E-state index contributed by atoms with van der Waals surface area (Å²) in [6.07, 6.45) is -4.91. The van der Waals surface area contributed by atoms with Gasteiger partial charge in [0.25, 0.3) is 16.8 Å². The molecule has 3 rings (SSSR count). The Hall–Kier alpha value is -4.67. The van der Waals surface area contributed by atoms with Crippen LogP contribution in [0, 0.1) is 17.5 Å². The van der Waals surface area contributed by atoms with Crippen molar-refractivity contribution >= 4 is 21.9 Å². The minimum absolute atomic E-state index is 0.00654. The van der Waals surface area contributed by atoms with E-state index in [9.17, 15) is 36.4 Å². The molecule has 0 atom stereocenters. The van der Waals surface area contributed by atoms with Crippen LogP contribution < -0.4 is 4.72 Å². The summed E-state index contributed by atoms with van der Waals surface area (Å²) in [6.45, 7) is 6.17. The fourth-order valence-corrected chi connectivity index (χ4v) is 4.67. The van der Waals surface area contributed by atoms with E-state index in [-0.39, 0.29) is 40.6 Å². The van der Waals surface area contributed by atoms with E-state index in [1.807, 2.05) is 11.6 Å². The molecule has 0 unspecified atom stereocenters. The zero-order valence-electron chi connectivity index (χ0n) is 25.2. The van der Waals surface area contributed by atoms with E-state index in [0.29, 0.717) is 5.56 Å². The SMILES string of the molecule is Cc1ccc(-c2cc(C(F)(F)F)nn2-c2ccc(S(=O)(=O)NC(=O)CCCN(C)[N+]([O-])=NOCOC(=O)C(C)(C)C)cc2)cc1. The Morgan fingerprint density at radius 2 is 1.71 bits per heavy atom. The average molecular weight is 655 g/mol. The van der Waals surface area contributed by atoms with E-state index in [1.54, 1.807) is 45.0 Å². The van der Waals surface area contributed by atoms with Crippen molar-refractivity contribution in [3.05, 3.63) is 71.1 Å². The number of sulfonamides is 1. The molecule has 0 spiro atoms. The second-order valence-corrected chi connectivity index (χ2v) is 12.6. The number of benzene rings is 2. The Morgan fingerprint density at radius 3 is 2.29 bits per heavy atom. The van der Waals surface area contributed by atoms with Gasteiger partial charge in [-0.05, 0) is 64.4 Å². The maximum Gasteiger partial charge on any atom is 0.435 e. The van der Waals surface area contributed by atoms with Crippen molar-refractivity contribution in [1.82, 2.24) is 19.5 Å². The molecular weight excluding hydrogens is 621 g/mol. The van der Waals surface area contributed by atoms with Gasteiger partial charge in [0.05, 0.1) is 40.3 Å². The lowest BCUT2D eigenvalue weighted by Gasteiger charge is -2.15. The van der Waals surface area contributed by atoms with Crippen LogP contribution in [0.3, 0.4) is 0 Å². The average Bonchev–Trinajstić information content (AvgIpc) is 3.41. The predicted octanol–water partition coefficient (Wildman–Crippen LogP) is 4.74. The van der Waals surface area contributed by atoms with Crippen molar-refractivity contribution in [3.63, 3.8) is 0 Å². The van der Waals surface area contributed by atoms with Gasteiger partial charge in [-0.2, -0.15) is 18.3 Å². The zero-order chi connectivity index (χ0) is 33.6. The Bertz CT molecular complexity index is 1630. The number of halogens is 3. The molecule has 3 aromatic rings.